The van der Waals surface area contributed by atoms with E-state index < -0.39 is 29.0 Å². The van der Waals surface area contributed by atoms with Crippen molar-refractivity contribution in [2.45, 2.75) is 64.0 Å². The van der Waals surface area contributed by atoms with Crippen molar-refractivity contribution in [3.63, 3.8) is 0 Å². The Bertz CT molecular complexity index is 1040. The molecule has 1 aliphatic rings. The van der Waals surface area contributed by atoms with Gasteiger partial charge in [-0.1, -0.05) is 57.2 Å². The maximum Gasteiger partial charge on any atom is 0.335 e. The van der Waals surface area contributed by atoms with Crippen molar-refractivity contribution < 1.29 is 19.4 Å². The first kappa shape index (κ1) is 23.5. The number of benzene rings is 2. The molecule has 32 heavy (non-hydrogen) atoms. The molecule has 0 spiro atoms. The summed E-state index contributed by atoms with van der Waals surface area (Å²) in [6.45, 7) is 11.9. The lowest BCUT2D eigenvalue weighted by molar-refractivity contribution is -0.158. The zero-order valence-electron chi connectivity index (χ0n) is 19.5. The minimum atomic E-state index is -1.02. The number of aromatic carboxylic acids is 1. The van der Waals surface area contributed by atoms with Crippen molar-refractivity contribution in [2.24, 2.45) is 4.99 Å². The second-order valence-corrected chi connectivity index (χ2v) is 10.2. The van der Waals surface area contributed by atoms with E-state index in [0.29, 0.717) is 5.56 Å². The number of hydrogen-bond acceptors (Lipinski definition) is 4. The van der Waals surface area contributed by atoms with Gasteiger partial charge in [-0.15, -0.1) is 0 Å². The zero-order valence-corrected chi connectivity index (χ0v) is 19.5. The van der Waals surface area contributed by atoms with Gasteiger partial charge >= 0.3 is 11.9 Å². The van der Waals surface area contributed by atoms with Crippen LogP contribution in [0.15, 0.2) is 65.7 Å². The smallest absolute Gasteiger partial charge is 0.335 e. The molecule has 0 saturated carbocycles. The molecule has 0 bridgehead atoms. The van der Waals surface area contributed by atoms with Gasteiger partial charge in [0.15, 0.2) is 0 Å². The average Bonchev–Trinajstić information content (AvgIpc) is 3.17. The first-order valence-corrected chi connectivity index (χ1v) is 10.7. The van der Waals surface area contributed by atoms with Crippen LogP contribution in [0.25, 0.3) is 0 Å². The fourth-order valence-corrected chi connectivity index (χ4v) is 3.89. The highest BCUT2D eigenvalue weighted by molar-refractivity contribution is 5.89. The zero-order chi connectivity index (χ0) is 23.7. The van der Waals surface area contributed by atoms with E-state index in [1.165, 1.54) is 17.7 Å². The Morgan fingerprint density at radius 2 is 1.53 bits per heavy atom. The van der Waals surface area contributed by atoms with E-state index in [1.807, 2.05) is 45.1 Å². The molecule has 5 heteroatoms. The number of esters is 1. The SMILES string of the molecule is CC(C)(C)OC(=O)C(c1ccc(C(=O)O)cc1)C1(c2ccc(C(C)(C)C)cc2)C=CC=N1. The summed E-state index contributed by atoms with van der Waals surface area (Å²) in [6.07, 6.45) is 5.44. The van der Waals surface area contributed by atoms with Crippen molar-refractivity contribution in [1.29, 1.82) is 0 Å². The number of aliphatic imine (C=N–C) groups is 1. The molecule has 1 N–H and O–H groups in total. The maximum absolute atomic E-state index is 13.5. The monoisotopic (exact) mass is 433 g/mol. The summed E-state index contributed by atoms with van der Waals surface area (Å²) in [6, 6.07) is 14.5. The molecule has 2 atom stereocenters. The number of carbonyl (C=O) groups excluding carboxylic acids is 1. The van der Waals surface area contributed by atoms with Gasteiger partial charge in [-0.25, -0.2) is 4.79 Å². The van der Waals surface area contributed by atoms with Crippen molar-refractivity contribution in [3.8, 4) is 0 Å². The van der Waals surface area contributed by atoms with Crippen LogP contribution >= 0.6 is 0 Å². The molecule has 3 rings (SSSR count). The summed E-state index contributed by atoms with van der Waals surface area (Å²) in [7, 11) is 0. The number of ether oxygens (including phenoxy) is 1. The van der Waals surface area contributed by atoms with E-state index in [0.717, 1.165) is 5.56 Å². The molecule has 2 aromatic carbocycles. The van der Waals surface area contributed by atoms with Gasteiger partial charge in [0, 0.05) is 6.21 Å². The molecule has 0 aliphatic carbocycles. The third-order valence-corrected chi connectivity index (χ3v) is 5.51. The molecule has 0 aromatic heterocycles. The lowest BCUT2D eigenvalue weighted by Gasteiger charge is -2.35. The van der Waals surface area contributed by atoms with E-state index in [1.54, 1.807) is 18.3 Å². The van der Waals surface area contributed by atoms with Gasteiger partial charge in [0.2, 0.25) is 0 Å². The molecule has 0 saturated heterocycles. The summed E-state index contributed by atoms with van der Waals surface area (Å²) in [5.74, 6) is -2.21. The van der Waals surface area contributed by atoms with E-state index in [4.69, 9.17) is 9.73 Å². The largest absolute Gasteiger partial charge is 0.478 e. The van der Waals surface area contributed by atoms with E-state index in [9.17, 15) is 14.7 Å². The number of carbonyl (C=O) groups is 2. The highest BCUT2D eigenvalue weighted by atomic mass is 16.6. The number of carboxylic acid groups (broad SMARTS) is 1. The normalized spacial score (nSPS) is 19.1. The van der Waals surface area contributed by atoms with Crippen molar-refractivity contribution in [3.05, 3.63) is 82.9 Å². The average molecular weight is 434 g/mol. The Balaban J connectivity index is 2.15. The number of rotatable bonds is 5. The van der Waals surface area contributed by atoms with Crippen LogP contribution in [-0.4, -0.2) is 28.9 Å². The van der Waals surface area contributed by atoms with Gasteiger partial charge in [0.05, 0.1) is 5.56 Å². The van der Waals surface area contributed by atoms with Gasteiger partial charge in [0.25, 0.3) is 0 Å². The lowest BCUT2D eigenvalue weighted by Crippen LogP contribution is -2.38. The van der Waals surface area contributed by atoms with Gasteiger partial charge in [-0.05, 0) is 67.2 Å². The van der Waals surface area contributed by atoms with Crippen LogP contribution in [0.5, 0.6) is 0 Å². The summed E-state index contributed by atoms with van der Waals surface area (Å²) < 4.78 is 5.81. The Kier molecular flexibility index (Phi) is 6.14. The number of nitrogens with zero attached hydrogens (tertiary/aromatic N) is 1. The lowest BCUT2D eigenvalue weighted by atomic mass is 9.74. The molecular weight excluding hydrogens is 402 g/mol. The first-order chi connectivity index (χ1) is 14.8. The second-order valence-electron chi connectivity index (χ2n) is 10.2. The fraction of sp³-hybridized carbons (Fsp3) is 0.370. The molecule has 2 unspecified atom stereocenters. The van der Waals surface area contributed by atoms with Crippen LogP contribution in [0.3, 0.4) is 0 Å². The number of hydrogen-bond donors (Lipinski definition) is 1. The van der Waals surface area contributed by atoms with Crippen LogP contribution in [0.2, 0.25) is 0 Å². The summed E-state index contributed by atoms with van der Waals surface area (Å²) in [5.41, 5.74) is 1.19. The van der Waals surface area contributed by atoms with E-state index in [-0.39, 0.29) is 11.0 Å². The molecule has 1 aliphatic heterocycles. The van der Waals surface area contributed by atoms with Crippen molar-refractivity contribution in [2.75, 3.05) is 0 Å². The molecule has 2 aromatic rings. The van der Waals surface area contributed by atoms with E-state index >= 15 is 0 Å². The fourth-order valence-electron chi connectivity index (χ4n) is 3.89. The highest BCUT2D eigenvalue weighted by Gasteiger charge is 2.46. The predicted octanol–water partition coefficient (Wildman–Crippen LogP) is 5.64. The van der Waals surface area contributed by atoms with Gasteiger partial charge < -0.3 is 9.84 Å². The third-order valence-electron chi connectivity index (χ3n) is 5.51. The molecule has 5 nitrogen and oxygen atoms in total. The Morgan fingerprint density at radius 1 is 0.938 bits per heavy atom. The Hall–Kier alpha value is -3.21. The molecule has 0 radical (unpaired) electrons. The quantitative estimate of drug-likeness (QED) is 0.619. The topological polar surface area (TPSA) is 76.0 Å². The number of allylic oxidation sites excluding steroid dienone is 1. The Labute approximate surface area is 189 Å². The summed E-state index contributed by atoms with van der Waals surface area (Å²) in [5, 5.41) is 9.28. The highest BCUT2D eigenvalue weighted by Crippen LogP contribution is 2.45. The second kappa shape index (κ2) is 8.38. The molecule has 168 valence electrons. The van der Waals surface area contributed by atoms with Crippen LogP contribution in [0, 0.1) is 0 Å². The first-order valence-electron chi connectivity index (χ1n) is 10.7. The maximum atomic E-state index is 13.5. The number of carboxylic acids is 1. The third kappa shape index (κ3) is 4.82. The minimum absolute atomic E-state index is 0.00228. The van der Waals surface area contributed by atoms with Gasteiger partial charge in [-0.2, -0.15) is 0 Å². The van der Waals surface area contributed by atoms with Crippen LogP contribution in [0.4, 0.5) is 0 Å². The summed E-state index contributed by atoms with van der Waals surface area (Å²) >= 11 is 0. The molecular formula is C27H31NO4. The van der Waals surface area contributed by atoms with Crippen LogP contribution < -0.4 is 0 Å². The van der Waals surface area contributed by atoms with Crippen LogP contribution in [-0.2, 0) is 20.5 Å². The van der Waals surface area contributed by atoms with Gasteiger partial charge in [0.1, 0.15) is 17.1 Å². The van der Waals surface area contributed by atoms with Gasteiger partial charge in [-0.3, -0.25) is 9.79 Å². The van der Waals surface area contributed by atoms with E-state index in [2.05, 4.69) is 32.9 Å². The Morgan fingerprint density at radius 3 is 1.97 bits per heavy atom. The molecule has 0 fully saturated rings. The molecule has 0 amide bonds. The standard InChI is InChI=1S/C27H31NO4/c1-25(2,3)20-12-14-21(15-13-20)27(16-7-17-28-27)22(24(31)32-26(4,5)6)18-8-10-19(11-9-18)23(29)30/h7-17,22H,1-6H3,(H,29,30). The minimum Gasteiger partial charge on any atom is -0.478 e. The predicted molar refractivity (Wildman–Crippen MR) is 126 cm³/mol. The van der Waals surface area contributed by atoms with Crippen molar-refractivity contribution in [1.82, 2.24) is 0 Å². The summed E-state index contributed by atoms with van der Waals surface area (Å²) in [4.78, 5) is 29.6. The van der Waals surface area contributed by atoms with Crippen molar-refractivity contribution >= 4 is 18.2 Å². The van der Waals surface area contributed by atoms with Crippen LogP contribution in [0.1, 0.15) is 74.5 Å². The molecule has 1 heterocycles.